The SMILES string of the molecule is COc1ccc(Cl)cc1S(=O)(=O)N1CCCNC(=O)[C@H]2C[C@@H]3CCCN3[C@@]23C(=O)N(CCC1)c1ccccc13. The molecule has 6 rings (SSSR count). The molecule has 3 atom stereocenters. The fourth-order valence-electron chi connectivity index (χ4n) is 7.12. The van der Waals surface area contributed by atoms with Crippen LogP contribution in [0.2, 0.25) is 5.02 Å². The van der Waals surface area contributed by atoms with Gasteiger partial charge in [-0.3, -0.25) is 14.5 Å². The van der Waals surface area contributed by atoms with Crippen LogP contribution in [0.15, 0.2) is 47.4 Å². The van der Waals surface area contributed by atoms with Crippen molar-refractivity contribution in [1.29, 1.82) is 0 Å². The van der Waals surface area contributed by atoms with E-state index in [0.29, 0.717) is 37.4 Å². The van der Waals surface area contributed by atoms with Crippen LogP contribution in [0.25, 0.3) is 0 Å². The lowest BCUT2D eigenvalue weighted by molar-refractivity contribution is -0.138. The molecule has 11 heteroatoms. The maximum absolute atomic E-state index is 14.4. The topological polar surface area (TPSA) is 99.3 Å². The number of nitrogens with zero attached hydrogens (tertiary/aromatic N) is 3. The zero-order valence-corrected chi connectivity index (χ0v) is 23.5. The number of methoxy groups -OCH3 is 1. The lowest BCUT2D eigenvalue weighted by atomic mass is 9.78. The number of ether oxygens (including phenoxy) is 1. The van der Waals surface area contributed by atoms with Crippen molar-refractivity contribution in [2.24, 2.45) is 5.92 Å². The van der Waals surface area contributed by atoms with E-state index >= 15 is 0 Å². The first kappa shape index (κ1) is 26.6. The van der Waals surface area contributed by atoms with Crippen LogP contribution < -0.4 is 15.0 Å². The van der Waals surface area contributed by atoms with Gasteiger partial charge in [-0.25, -0.2) is 8.42 Å². The highest BCUT2D eigenvalue weighted by molar-refractivity contribution is 7.89. The zero-order valence-electron chi connectivity index (χ0n) is 21.9. The molecule has 0 aromatic heterocycles. The van der Waals surface area contributed by atoms with Crippen LogP contribution >= 0.6 is 11.6 Å². The quantitative estimate of drug-likeness (QED) is 0.607. The summed E-state index contributed by atoms with van der Waals surface area (Å²) < 4.78 is 34.3. The first-order valence-electron chi connectivity index (χ1n) is 13.6. The Morgan fingerprint density at radius 3 is 2.64 bits per heavy atom. The van der Waals surface area contributed by atoms with Crippen LogP contribution in [0, 0.1) is 5.92 Å². The summed E-state index contributed by atoms with van der Waals surface area (Å²) in [6.45, 7) is 1.88. The molecule has 2 amide bonds. The highest BCUT2D eigenvalue weighted by Gasteiger charge is 2.67. The fraction of sp³-hybridized carbons (Fsp3) is 0.500. The molecule has 9 nitrogen and oxygen atoms in total. The fourth-order valence-corrected chi connectivity index (χ4v) is 9.06. The Morgan fingerprint density at radius 1 is 1.03 bits per heavy atom. The van der Waals surface area contributed by atoms with E-state index in [-0.39, 0.29) is 41.6 Å². The average Bonchev–Trinajstić information content (AvgIpc) is 3.58. The number of nitrogens with one attached hydrogen (secondary N) is 1. The first-order chi connectivity index (χ1) is 18.8. The molecule has 39 heavy (non-hydrogen) atoms. The smallest absolute Gasteiger partial charge is 0.253 e. The van der Waals surface area contributed by atoms with Crippen molar-refractivity contribution in [3.8, 4) is 5.75 Å². The van der Waals surface area contributed by atoms with Gasteiger partial charge < -0.3 is 15.0 Å². The molecule has 0 aliphatic carbocycles. The van der Waals surface area contributed by atoms with Gasteiger partial charge in [-0.2, -0.15) is 4.31 Å². The summed E-state index contributed by atoms with van der Waals surface area (Å²) in [6, 6.07) is 12.5. The van der Waals surface area contributed by atoms with E-state index in [1.54, 1.807) is 17.0 Å². The van der Waals surface area contributed by atoms with E-state index in [9.17, 15) is 18.0 Å². The normalized spacial score (nSPS) is 28.1. The molecule has 1 N–H and O–H groups in total. The standard InChI is InChI=1S/C28H33ClN4O5S/c1-38-24-11-10-19(29)17-25(24)39(36,37)31-13-5-12-30-26(34)22-18-20-7-4-16-33(20)28(22)21-8-2-3-9-23(21)32(27(28)35)15-6-14-31/h2-3,8-11,17,20,22H,4-7,12-16,18H2,1H3,(H,30,34)/t20-,22+,28+/m0/s1. The van der Waals surface area contributed by atoms with Crippen LogP contribution in [0.3, 0.4) is 0 Å². The number of benzene rings is 2. The van der Waals surface area contributed by atoms with E-state index < -0.39 is 21.5 Å². The number of halogens is 1. The zero-order chi connectivity index (χ0) is 27.4. The Bertz CT molecular complexity index is 1420. The van der Waals surface area contributed by atoms with E-state index in [1.165, 1.54) is 17.5 Å². The minimum Gasteiger partial charge on any atom is -0.495 e. The first-order valence-corrected chi connectivity index (χ1v) is 15.4. The van der Waals surface area contributed by atoms with Crippen molar-refractivity contribution in [1.82, 2.24) is 14.5 Å². The highest BCUT2D eigenvalue weighted by Crippen LogP contribution is 2.57. The lowest BCUT2D eigenvalue weighted by Gasteiger charge is -2.37. The van der Waals surface area contributed by atoms with E-state index in [2.05, 4.69) is 10.2 Å². The van der Waals surface area contributed by atoms with Gasteiger partial charge in [0.1, 0.15) is 16.2 Å². The van der Waals surface area contributed by atoms with Crippen molar-refractivity contribution in [2.45, 2.75) is 48.6 Å². The number of para-hydroxylation sites is 1. The van der Waals surface area contributed by atoms with Gasteiger partial charge >= 0.3 is 0 Å². The van der Waals surface area contributed by atoms with Gasteiger partial charge in [-0.05, 0) is 62.9 Å². The Morgan fingerprint density at radius 2 is 1.82 bits per heavy atom. The maximum Gasteiger partial charge on any atom is 0.253 e. The number of fused-ring (bicyclic) bond motifs is 4. The molecule has 208 valence electrons. The summed E-state index contributed by atoms with van der Waals surface area (Å²) in [5.74, 6) is -0.482. The van der Waals surface area contributed by atoms with Crippen LogP contribution in [-0.4, -0.2) is 75.3 Å². The van der Waals surface area contributed by atoms with Crippen molar-refractivity contribution in [3.63, 3.8) is 0 Å². The van der Waals surface area contributed by atoms with Gasteiger partial charge in [0.05, 0.1) is 13.0 Å². The summed E-state index contributed by atoms with van der Waals surface area (Å²) in [4.78, 5) is 32.2. The Labute approximate surface area is 234 Å². The van der Waals surface area contributed by atoms with Crippen LogP contribution in [0.5, 0.6) is 5.75 Å². The second kappa shape index (κ2) is 10.1. The van der Waals surface area contributed by atoms with Crippen molar-refractivity contribution >= 4 is 39.1 Å². The van der Waals surface area contributed by atoms with Crippen molar-refractivity contribution in [3.05, 3.63) is 53.1 Å². The predicted octanol–water partition coefficient (Wildman–Crippen LogP) is 2.98. The largest absolute Gasteiger partial charge is 0.495 e. The Balaban J connectivity index is 1.37. The summed E-state index contributed by atoms with van der Waals surface area (Å²) in [6.07, 6.45) is 3.52. The molecule has 0 saturated carbocycles. The molecule has 0 unspecified atom stereocenters. The molecule has 4 aliphatic rings. The Kier molecular flexibility index (Phi) is 6.86. The molecule has 0 radical (unpaired) electrons. The number of hydrogen-bond donors (Lipinski definition) is 1. The van der Waals surface area contributed by atoms with E-state index in [1.807, 2.05) is 24.3 Å². The van der Waals surface area contributed by atoms with E-state index in [4.69, 9.17) is 16.3 Å². The molecule has 4 aliphatic heterocycles. The van der Waals surface area contributed by atoms with Gasteiger partial charge in [0, 0.05) is 48.5 Å². The number of sulfonamides is 1. The lowest BCUT2D eigenvalue weighted by Crippen LogP contribution is -2.56. The number of carbonyl (C=O) groups is 2. The predicted molar refractivity (Wildman–Crippen MR) is 147 cm³/mol. The van der Waals surface area contributed by atoms with Gasteiger partial charge in [0.2, 0.25) is 15.9 Å². The van der Waals surface area contributed by atoms with Crippen LogP contribution in [-0.2, 0) is 25.2 Å². The molecule has 1 spiro atoms. The number of hydrogen-bond acceptors (Lipinski definition) is 6. The third-order valence-corrected chi connectivity index (χ3v) is 10.9. The highest BCUT2D eigenvalue weighted by atomic mass is 35.5. The molecule has 3 saturated heterocycles. The summed E-state index contributed by atoms with van der Waals surface area (Å²) >= 11 is 6.16. The average molecular weight is 573 g/mol. The third-order valence-electron chi connectivity index (χ3n) is 8.75. The number of rotatable bonds is 3. The molecule has 2 bridgehead atoms. The second-order valence-corrected chi connectivity index (χ2v) is 13.1. The van der Waals surface area contributed by atoms with Gasteiger partial charge in [0.15, 0.2) is 0 Å². The molecular formula is C28H33ClN4O5S. The molecular weight excluding hydrogens is 540 g/mol. The number of carbonyl (C=O) groups excluding carboxylic acids is 2. The van der Waals surface area contributed by atoms with E-state index in [0.717, 1.165) is 30.6 Å². The van der Waals surface area contributed by atoms with Crippen LogP contribution in [0.1, 0.15) is 37.7 Å². The molecule has 2 aromatic carbocycles. The van der Waals surface area contributed by atoms with Gasteiger partial charge in [-0.1, -0.05) is 29.8 Å². The van der Waals surface area contributed by atoms with Gasteiger partial charge in [0.25, 0.3) is 5.91 Å². The minimum absolute atomic E-state index is 0.00186. The number of anilines is 1. The number of amides is 2. The van der Waals surface area contributed by atoms with Crippen molar-refractivity contribution in [2.75, 3.05) is 44.7 Å². The minimum atomic E-state index is -3.95. The summed E-state index contributed by atoms with van der Waals surface area (Å²) in [5, 5.41) is 3.35. The Hall–Kier alpha value is -2.66. The molecule has 2 aromatic rings. The van der Waals surface area contributed by atoms with Crippen LogP contribution in [0.4, 0.5) is 5.69 Å². The molecule has 3 fully saturated rings. The monoisotopic (exact) mass is 572 g/mol. The maximum atomic E-state index is 14.4. The second-order valence-electron chi connectivity index (χ2n) is 10.7. The third kappa shape index (κ3) is 4.06. The summed E-state index contributed by atoms with van der Waals surface area (Å²) in [5.41, 5.74) is 0.705. The molecule has 4 heterocycles. The van der Waals surface area contributed by atoms with Crippen molar-refractivity contribution < 1.29 is 22.7 Å². The van der Waals surface area contributed by atoms with Gasteiger partial charge in [-0.15, -0.1) is 0 Å². The summed E-state index contributed by atoms with van der Waals surface area (Å²) in [7, 11) is -2.53.